The first kappa shape index (κ1) is 20.9. The number of halogens is 1. The highest BCUT2D eigenvalue weighted by molar-refractivity contribution is 6.32. The maximum absolute atomic E-state index is 12.7. The number of carbonyl (C=O) groups is 1. The van der Waals surface area contributed by atoms with Crippen molar-refractivity contribution in [2.24, 2.45) is 11.8 Å². The lowest BCUT2D eigenvalue weighted by Gasteiger charge is -2.35. The molecule has 160 valence electrons. The molecule has 1 saturated heterocycles. The number of hydrogen-bond acceptors (Lipinski definition) is 4. The van der Waals surface area contributed by atoms with E-state index < -0.39 is 6.10 Å². The zero-order valence-electron chi connectivity index (χ0n) is 17.3. The number of rotatable bonds is 4. The maximum Gasteiger partial charge on any atom is 0.242 e. The van der Waals surface area contributed by atoms with E-state index >= 15 is 0 Å². The highest BCUT2D eigenvalue weighted by atomic mass is 35.5. The normalized spacial score (nSPS) is 25.8. The van der Waals surface area contributed by atoms with E-state index in [-0.39, 0.29) is 29.9 Å². The largest absolute Gasteiger partial charge is 0.486 e. The monoisotopic (exact) mass is 430 g/mol. The average molecular weight is 431 g/mol. The van der Waals surface area contributed by atoms with Crippen LogP contribution in [0.3, 0.4) is 0 Å². The molecule has 2 fully saturated rings. The summed E-state index contributed by atoms with van der Waals surface area (Å²) >= 11 is 6.35. The van der Waals surface area contributed by atoms with Crippen LogP contribution in [0.2, 0.25) is 5.02 Å². The number of hydrogen-bond donors (Lipinski definition) is 1. The van der Waals surface area contributed by atoms with Crippen molar-refractivity contribution in [2.75, 3.05) is 13.1 Å². The highest BCUT2D eigenvalue weighted by Crippen LogP contribution is 2.39. The van der Waals surface area contributed by atoms with Gasteiger partial charge >= 0.3 is 0 Å². The molecule has 4 rings (SSSR count). The van der Waals surface area contributed by atoms with E-state index in [1.165, 1.54) is 12.1 Å². The third-order valence-electron chi connectivity index (χ3n) is 6.44. The fraction of sp³-hybridized carbons (Fsp3) is 0.478. The molecule has 7 heteroatoms. The molecule has 1 aliphatic carbocycles. The number of fused-ring (bicyclic) bond motifs is 1. The summed E-state index contributed by atoms with van der Waals surface area (Å²) < 4.78 is 7.84. The molecule has 1 amide bonds. The number of aliphatic hydroxyl groups is 1. The van der Waals surface area contributed by atoms with Crippen molar-refractivity contribution in [3.63, 3.8) is 0 Å². The van der Waals surface area contributed by atoms with Crippen LogP contribution in [0.5, 0.6) is 5.75 Å². The predicted molar refractivity (Wildman–Crippen MR) is 115 cm³/mol. The maximum atomic E-state index is 12.7. The fourth-order valence-electron chi connectivity index (χ4n) is 4.53. The number of aromatic nitrogens is 1. The van der Waals surface area contributed by atoms with Crippen molar-refractivity contribution in [1.29, 1.82) is 0 Å². The third kappa shape index (κ3) is 4.40. The molecule has 0 unspecified atom stereocenters. The fourth-order valence-corrected chi connectivity index (χ4v) is 4.80. The topological polar surface area (TPSA) is 71.8 Å². The molecule has 2 aromatic rings. The van der Waals surface area contributed by atoms with Gasteiger partial charge in [0.05, 0.1) is 11.1 Å². The Labute approximate surface area is 181 Å². The van der Waals surface area contributed by atoms with Crippen LogP contribution < -0.4 is 10.2 Å². The van der Waals surface area contributed by atoms with Gasteiger partial charge in [0.15, 0.2) is 5.43 Å². The van der Waals surface area contributed by atoms with Crippen LogP contribution in [0.1, 0.15) is 24.0 Å². The molecule has 0 radical (unpaired) electrons. The molecule has 0 bridgehead atoms. The molecule has 1 aromatic carbocycles. The van der Waals surface area contributed by atoms with Gasteiger partial charge in [0.2, 0.25) is 5.91 Å². The van der Waals surface area contributed by atoms with Crippen molar-refractivity contribution in [3.05, 3.63) is 63.0 Å². The lowest BCUT2D eigenvalue weighted by atomic mass is 9.78. The van der Waals surface area contributed by atoms with Crippen LogP contribution in [-0.4, -0.2) is 45.8 Å². The number of ether oxygens (including phenoxy) is 1. The highest BCUT2D eigenvalue weighted by Gasteiger charge is 2.44. The lowest BCUT2D eigenvalue weighted by molar-refractivity contribution is -0.131. The van der Waals surface area contributed by atoms with Crippen molar-refractivity contribution >= 4 is 17.5 Å². The Morgan fingerprint density at radius 2 is 1.77 bits per heavy atom. The minimum absolute atomic E-state index is 0.0252. The van der Waals surface area contributed by atoms with E-state index in [2.05, 4.69) is 0 Å². The van der Waals surface area contributed by atoms with E-state index in [1.54, 1.807) is 17.0 Å². The molecule has 1 N–H and O–H groups in total. The molecule has 6 nitrogen and oxygen atoms in total. The van der Waals surface area contributed by atoms with E-state index in [0.29, 0.717) is 42.6 Å². The van der Waals surface area contributed by atoms with Gasteiger partial charge in [-0.15, -0.1) is 0 Å². The SMILES string of the molecule is Cc1cc(Cl)c(O[C@@H]2C[C@@H]3CN(C(=O)Cn4ccc(=O)cc4)C[C@@H]3C[C@H]2O)cc1C. The Balaban J connectivity index is 1.40. The number of aryl methyl sites for hydroxylation is 2. The molecular formula is C23H27ClN2O4. The summed E-state index contributed by atoms with van der Waals surface area (Å²) in [6, 6.07) is 6.71. The van der Waals surface area contributed by atoms with Gasteiger partial charge in [0, 0.05) is 37.6 Å². The van der Waals surface area contributed by atoms with Crippen LogP contribution in [0.15, 0.2) is 41.5 Å². The van der Waals surface area contributed by atoms with E-state index in [4.69, 9.17) is 16.3 Å². The van der Waals surface area contributed by atoms with Gasteiger partial charge in [-0.3, -0.25) is 9.59 Å². The Morgan fingerprint density at radius 3 is 2.47 bits per heavy atom. The Kier molecular flexibility index (Phi) is 5.89. The summed E-state index contributed by atoms with van der Waals surface area (Å²) in [5.74, 6) is 1.19. The van der Waals surface area contributed by atoms with Gasteiger partial charge in [-0.25, -0.2) is 0 Å². The first-order valence-corrected chi connectivity index (χ1v) is 10.7. The number of pyridine rings is 1. The standard InChI is InChI=1S/C23H27ClN2O4/c1-14-7-19(24)21(8-15(14)2)30-22-10-17-12-26(11-16(17)9-20(22)28)23(29)13-25-5-3-18(27)4-6-25/h3-8,16-17,20,22,28H,9-13H2,1-2H3/t16-,17+,20+,22+/m0/s1. The van der Waals surface area contributed by atoms with Gasteiger partial charge in [-0.2, -0.15) is 0 Å². The van der Waals surface area contributed by atoms with E-state index in [1.807, 2.05) is 30.9 Å². The summed E-state index contributed by atoms with van der Waals surface area (Å²) in [5.41, 5.74) is 2.12. The minimum Gasteiger partial charge on any atom is -0.486 e. The number of likely N-dealkylation sites (tertiary alicyclic amines) is 1. The smallest absolute Gasteiger partial charge is 0.242 e. The van der Waals surface area contributed by atoms with Gasteiger partial charge in [0.25, 0.3) is 0 Å². The zero-order valence-corrected chi connectivity index (χ0v) is 18.0. The first-order valence-electron chi connectivity index (χ1n) is 10.4. The summed E-state index contributed by atoms with van der Waals surface area (Å²) in [6.07, 6.45) is 3.64. The Morgan fingerprint density at radius 1 is 1.13 bits per heavy atom. The van der Waals surface area contributed by atoms with Gasteiger partial charge in [0.1, 0.15) is 18.4 Å². The molecule has 1 aliphatic heterocycles. The summed E-state index contributed by atoms with van der Waals surface area (Å²) in [5, 5.41) is 11.2. The molecule has 0 spiro atoms. The molecular weight excluding hydrogens is 404 g/mol. The van der Waals surface area contributed by atoms with Gasteiger partial charge < -0.3 is 19.3 Å². The second kappa shape index (κ2) is 8.44. The van der Waals surface area contributed by atoms with Crippen LogP contribution in [-0.2, 0) is 11.3 Å². The van der Waals surface area contributed by atoms with E-state index in [0.717, 1.165) is 11.1 Å². The van der Waals surface area contributed by atoms with Crippen LogP contribution in [0.25, 0.3) is 0 Å². The second-order valence-electron chi connectivity index (χ2n) is 8.59. The van der Waals surface area contributed by atoms with Crippen LogP contribution >= 0.6 is 11.6 Å². The minimum atomic E-state index is -0.585. The number of amides is 1. The summed E-state index contributed by atoms with van der Waals surface area (Å²) in [7, 11) is 0. The summed E-state index contributed by atoms with van der Waals surface area (Å²) in [4.78, 5) is 25.8. The number of benzene rings is 1. The number of aliphatic hydroxyl groups excluding tert-OH is 1. The van der Waals surface area contributed by atoms with Crippen molar-refractivity contribution < 1.29 is 14.6 Å². The summed E-state index contributed by atoms with van der Waals surface area (Å²) in [6.45, 7) is 5.53. The van der Waals surface area contributed by atoms with Crippen molar-refractivity contribution in [1.82, 2.24) is 9.47 Å². The van der Waals surface area contributed by atoms with E-state index in [9.17, 15) is 14.7 Å². The number of carbonyl (C=O) groups excluding carboxylic acids is 1. The van der Waals surface area contributed by atoms with Crippen molar-refractivity contribution in [3.8, 4) is 5.75 Å². The Hall–Kier alpha value is -2.31. The van der Waals surface area contributed by atoms with Gasteiger partial charge in [-0.1, -0.05) is 11.6 Å². The lowest BCUT2D eigenvalue weighted by Crippen LogP contribution is -2.42. The van der Waals surface area contributed by atoms with Gasteiger partial charge in [-0.05, 0) is 61.8 Å². The van der Waals surface area contributed by atoms with Crippen molar-refractivity contribution in [2.45, 2.75) is 45.4 Å². The molecule has 2 heterocycles. The predicted octanol–water partition coefficient (Wildman–Crippen LogP) is 2.80. The molecule has 4 atom stereocenters. The molecule has 30 heavy (non-hydrogen) atoms. The first-order chi connectivity index (χ1) is 14.3. The second-order valence-corrected chi connectivity index (χ2v) is 8.99. The van der Waals surface area contributed by atoms with Crippen LogP contribution in [0, 0.1) is 25.7 Å². The quantitative estimate of drug-likeness (QED) is 0.809. The number of nitrogens with zero attached hydrogens (tertiary/aromatic N) is 2. The zero-order chi connectivity index (χ0) is 21.4. The van der Waals surface area contributed by atoms with Crippen LogP contribution in [0.4, 0.5) is 0 Å². The molecule has 1 saturated carbocycles. The third-order valence-corrected chi connectivity index (χ3v) is 6.74. The molecule has 1 aromatic heterocycles. The average Bonchev–Trinajstić information content (AvgIpc) is 3.11. The Bertz CT molecular complexity index is 985. The molecule has 2 aliphatic rings.